The van der Waals surface area contributed by atoms with E-state index in [4.69, 9.17) is 9.15 Å². The number of unbranched alkanes of at least 4 members (excludes halogenated alkanes) is 1. The van der Waals surface area contributed by atoms with Crippen molar-refractivity contribution in [1.29, 1.82) is 0 Å². The van der Waals surface area contributed by atoms with Crippen LogP contribution in [0, 0.1) is 6.92 Å². The predicted molar refractivity (Wildman–Crippen MR) is 131 cm³/mol. The average molecular weight is 465 g/mol. The maximum absolute atomic E-state index is 12.6. The Morgan fingerprint density at radius 1 is 1.32 bits per heavy atom. The highest BCUT2D eigenvalue weighted by Crippen LogP contribution is 2.33. The van der Waals surface area contributed by atoms with E-state index in [0.29, 0.717) is 43.2 Å². The molecule has 1 N–H and O–H groups in total. The smallest absolute Gasteiger partial charge is 0.331 e. The van der Waals surface area contributed by atoms with Crippen LogP contribution in [0.5, 0.6) is 5.75 Å². The van der Waals surface area contributed by atoms with Crippen LogP contribution in [-0.2, 0) is 22.4 Å². The minimum atomic E-state index is -1.06. The molecule has 2 heterocycles. The second-order valence-electron chi connectivity index (χ2n) is 8.11. The fourth-order valence-electron chi connectivity index (χ4n) is 3.90. The molecule has 0 bridgehead atoms. The van der Waals surface area contributed by atoms with Gasteiger partial charge in [-0.25, -0.2) is 9.78 Å². The molecule has 1 aromatic heterocycles. The number of allylic oxidation sites excluding steroid dienone is 4. The molecule has 0 saturated heterocycles. The molecular weight excluding hydrogens is 432 g/mol. The first-order chi connectivity index (χ1) is 16.4. The van der Waals surface area contributed by atoms with E-state index in [1.165, 1.54) is 11.0 Å². The first-order valence-corrected chi connectivity index (χ1v) is 11.7. The molecule has 34 heavy (non-hydrogen) atoms. The summed E-state index contributed by atoms with van der Waals surface area (Å²) in [4.78, 5) is 30.6. The zero-order valence-corrected chi connectivity index (χ0v) is 20.0. The predicted octanol–water partition coefficient (Wildman–Crippen LogP) is 5.06. The van der Waals surface area contributed by atoms with Crippen molar-refractivity contribution in [2.75, 3.05) is 13.2 Å². The van der Waals surface area contributed by atoms with Crippen LogP contribution in [0.3, 0.4) is 0 Å². The van der Waals surface area contributed by atoms with Gasteiger partial charge in [0.05, 0.1) is 12.3 Å². The Morgan fingerprint density at radius 2 is 2.15 bits per heavy atom. The van der Waals surface area contributed by atoms with Gasteiger partial charge in [0.1, 0.15) is 11.5 Å². The first kappa shape index (κ1) is 25.0. The van der Waals surface area contributed by atoms with Gasteiger partial charge in [0.2, 0.25) is 11.8 Å². The van der Waals surface area contributed by atoms with E-state index in [-0.39, 0.29) is 5.91 Å². The van der Waals surface area contributed by atoms with Crippen LogP contribution in [0.4, 0.5) is 0 Å². The van der Waals surface area contributed by atoms with Crippen LogP contribution >= 0.6 is 0 Å². The number of hydrogen-bond acceptors (Lipinski definition) is 5. The van der Waals surface area contributed by atoms with Crippen molar-refractivity contribution in [3.8, 4) is 5.75 Å². The van der Waals surface area contributed by atoms with Gasteiger partial charge < -0.3 is 19.2 Å². The Morgan fingerprint density at radius 3 is 2.88 bits per heavy atom. The maximum Gasteiger partial charge on any atom is 0.331 e. The molecule has 0 spiro atoms. The van der Waals surface area contributed by atoms with E-state index in [0.717, 1.165) is 29.9 Å². The molecule has 1 aliphatic rings. The molecule has 7 heteroatoms. The quantitative estimate of drug-likeness (QED) is 0.390. The Labute approximate surface area is 200 Å². The molecule has 1 unspecified atom stereocenters. The number of nitrogens with zero attached hydrogens (tertiary/aromatic N) is 2. The number of aromatic nitrogens is 1. The van der Waals surface area contributed by atoms with Crippen LogP contribution in [0.25, 0.3) is 6.08 Å². The van der Waals surface area contributed by atoms with Gasteiger partial charge in [-0.15, -0.1) is 0 Å². The molecule has 0 saturated carbocycles. The summed E-state index contributed by atoms with van der Waals surface area (Å²) in [6.07, 6.45) is 13.7. The number of hydrogen-bond donors (Lipinski definition) is 1. The molecule has 1 atom stereocenters. The van der Waals surface area contributed by atoms with Crippen molar-refractivity contribution in [3.63, 3.8) is 0 Å². The van der Waals surface area contributed by atoms with Crippen molar-refractivity contribution in [1.82, 2.24) is 9.88 Å². The number of ether oxygens (including phenoxy) is 1. The third-order valence-electron chi connectivity index (χ3n) is 5.64. The molecular formula is C27H32N2O5. The highest BCUT2D eigenvalue weighted by atomic mass is 16.5. The molecule has 3 rings (SSSR count). The Hall–Kier alpha value is -3.61. The number of benzene rings is 1. The number of carbonyl (C=O) groups is 2. The van der Waals surface area contributed by atoms with Gasteiger partial charge in [0, 0.05) is 19.0 Å². The van der Waals surface area contributed by atoms with Crippen LogP contribution in [-0.4, -0.2) is 40.0 Å². The second-order valence-corrected chi connectivity index (χ2v) is 8.11. The Bertz CT molecular complexity index is 1100. The number of fused-ring (bicyclic) bond motifs is 1. The average Bonchev–Trinajstić information content (AvgIpc) is 3.17. The summed E-state index contributed by atoms with van der Waals surface area (Å²) in [5, 5.41) is 9.90. The Kier molecular flexibility index (Phi) is 8.85. The number of oxazole rings is 1. The van der Waals surface area contributed by atoms with Gasteiger partial charge in [0.15, 0.2) is 6.04 Å². The van der Waals surface area contributed by atoms with Crippen molar-refractivity contribution in [2.24, 2.45) is 0 Å². The molecule has 0 aliphatic carbocycles. The molecule has 7 nitrogen and oxygen atoms in total. The van der Waals surface area contributed by atoms with Gasteiger partial charge in [-0.05, 0) is 56.0 Å². The van der Waals surface area contributed by atoms with E-state index >= 15 is 0 Å². The van der Waals surface area contributed by atoms with E-state index in [2.05, 4.69) is 11.9 Å². The molecule has 180 valence electrons. The second kappa shape index (κ2) is 12.0. The summed E-state index contributed by atoms with van der Waals surface area (Å²) >= 11 is 0. The first-order valence-electron chi connectivity index (χ1n) is 11.7. The topological polar surface area (TPSA) is 92.9 Å². The molecule has 1 aliphatic heterocycles. The van der Waals surface area contributed by atoms with Crippen molar-refractivity contribution in [3.05, 3.63) is 77.1 Å². The van der Waals surface area contributed by atoms with Gasteiger partial charge in [-0.2, -0.15) is 0 Å². The van der Waals surface area contributed by atoms with Gasteiger partial charge in [0.25, 0.3) is 0 Å². The minimum Gasteiger partial charge on any atom is -0.493 e. The van der Waals surface area contributed by atoms with E-state index in [1.807, 2.05) is 38.1 Å². The third kappa shape index (κ3) is 6.25. The maximum atomic E-state index is 12.6. The highest BCUT2D eigenvalue weighted by molar-refractivity contribution is 5.92. The minimum absolute atomic E-state index is 0.326. The van der Waals surface area contributed by atoms with Crippen LogP contribution in [0.2, 0.25) is 0 Å². The lowest BCUT2D eigenvalue weighted by molar-refractivity contribution is -0.149. The lowest BCUT2D eigenvalue weighted by Crippen LogP contribution is -2.42. The lowest BCUT2D eigenvalue weighted by Gasteiger charge is -2.34. The number of aryl methyl sites for hydroxylation is 1. The zero-order chi connectivity index (χ0) is 24.5. The largest absolute Gasteiger partial charge is 0.493 e. The summed E-state index contributed by atoms with van der Waals surface area (Å²) in [5.41, 5.74) is 2.34. The van der Waals surface area contributed by atoms with Crippen molar-refractivity contribution in [2.45, 2.75) is 52.5 Å². The van der Waals surface area contributed by atoms with E-state index in [1.54, 1.807) is 24.3 Å². The van der Waals surface area contributed by atoms with Gasteiger partial charge >= 0.3 is 5.97 Å². The summed E-state index contributed by atoms with van der Waals surface area (Å²) in [5.74, 6) is 0.525. The number of carboxylic acid groups (broad SMARTS) is 1. The van der Waals surface area contributed by atoms with Crippen LogP contribution < -0.4 is 4.74 Å². The molecule has 0 radical (unpaired) electrons. The fourth-order valence-corrected chi connectivity index (χ4v) is 3.90. The summed E-state index contributed by atoms with van der Waals surface area (Å²) in [6, 6.07) is 4.41. The Balaban J connectivity index is 1.70. The van der Waals surface area contributed by atoms with Crippen molar-refractivity contribution < 1.29 is 23.8 Å². The van der Waals surface area contributed by atoms with E-state index in [9.17, 15) is 14.7 Å². The SMILES string of the molecule is CC=CC=CC(=O)N1CCc2ccc(OCCc3nc(/C=C/CCC)oc3C)cc2C1C(=O)O. The highest BCUT2D eigenvalue weighted by Gasteiger charge is 2.35. The lowest BCUT2D eigenvalue weighted by atomic mass is 9.92. The molecule has 2 aromatic rings. The summed E-state index contributed by atoms with van der Waals surface area (Å²) < 4.78 is 11.6. The van der Waals surface area contributed by atoms with Crippen LogP contribution in [0.15, 0.2) is 53.0 Å². The number of carbonyl (C=O) groups excluding carboxylic acids is 1. The van der Waals surface area contributed by atoms with Gasteiger partial charge in [-0.3, -0.25) is 4.79 Å². The number of carboxylic acids is 1. The normalized spacial score (nSPS) is 16.0. The summed E-state index contributed by atoms with van der Waals surface area (Å²) in [7, 11) is 0. The van der Waals surface area contributed by atoms with Crippen molar-refractivity contribution >= 4 is 18.0 Å². The summed E-state index contributed by atoms with van der Waals surface area (Å²) in [6.45, 7) is 6.57. The number of rotatable bonds is 10. The monoisotopic (exact) mass is 464 g/mol. The van der Waals surface area contributed by atoms with Crippen LogP contribution in [0.1, 0.15) is 61.2 Å². The van der Waals surface area contributed by atoms with Gasteiger partial charge in [-0.1, -0.05) is 43.7 Å². The standard InChI is InChI=1S/C27H32N2O5/c1-4-6-8-10-24-28-23(19(3)34-24)15-17-33-21-13-12-20-14-16-29(25(30)11-9-7-5-2)26(27(31)32)22(20)18-21/h5,7-13,18,26H,4,6,14-17H2,1-3H3,(H,31,32)/b7-5?,10-8+,11-9?. The molecule has 1 aromatic carbocycles. The van der Waals surface area contributed by atoms with E-state index < -0.39 is 12.0 Å². The fraction of sp³-hybridized carbons (Fsp3) is 0.370. The number of amides is 1. The number of aliphatic carboxylic acids is 1. The molecule has 0 fully saturated rings. The molecule has 1 amide bonds. The zero-order valence-electron chi connectivity index (χ0n) is 20.0. The third-order valence-corrected chi connectivity index (χ3v) is 5.64.